The number of alkyl halides is 3. The number of hydrogen-bond acceptors (Lipinski definition) is 4. The lowest BCUT2D eigenvalue weighted by Crippen LogP contribution is -2.54. The van der Waals surface area contributed by atoms with E-state index in [1.165, 1.54) is 18.2 Å². The van der Waals surface area contributed by atoms with E-state index < -0.39 is 29.2 Å². The number of para-hydroxylation sites is 1. The van der Waals surface area contributed by atoms with Gasteiger partial charge in [0.1, 0.15) is 0 Å². The summed E-state index contributed by atoms with van der Waals surface area (Å²) in [7, 11) is 0. The topological polar surface area (TPSA) is 97.1 Å². The van der Waals surface area contributed by atoms with Crippen LogP contribution in [0.2, 0.25) is 0 Å². The number of carbonyl (C=O) groups is 2. The quantitative estimate of drug-likeness (QED) is 0.845. The van der Waals surface area contributed by atoms with Crippen molar-refractivity contribution in [2.24, 2.45) is 0 Å². The van der Waals surface area contributed by atoms with Crippen molar-refractivity contribution in [2.75, 3.05) is 0 Å². The number of carboxylic acids is 1. The van der Waals surface area contributed by atoms with Crippen LogP contribution in [-0.2, 0) is 11.0 Å². The Morgan fingerprint density at radius 3 is 2.54 bits per heavy atom. The van der Waals surface area contributed by atoms with Crippen molar-refractivity contribution in [1.29, 1.82) is 0 Å². The highest BCUT2D eigenvalue weighted by Crippen LogP contribution is 2.35. The van der Waals surface area contributed by atoms with Crippen LogP contribution >= 0.6 is 0 Å². The number of amides is 1. The minimum absolute atomic E-state index is 0.182. The molecule has 10 heteroatoms. The number of nitrogens with zero attached hydrogens (tertiary/aromatic N) is 3. The Hall–Kier alpha value is -2.91. The number of rotatable bonds is 5. The van der Waals surface area contributed by atoms with E-state index in [9.17, 15) is 22.8 Å². The molecule has 2 aromatic rings. The number of halogens is 3. The molecule has 138 valence electrons. The molecule has 0 bridgehead atoms. The molecule has 1 aromatic carbocycles. The van der Waals surface area contributed by atoms with Crippen molar-refractivity contribution < 1.29 is 27.9 Å². The maximum absolute atomic E-state index is 13.1. The van der Waals surface area contributed by atoms with Gasteiger partial charge in [-0.1, -0.05) is 17.3 Å². The van der Waals surface area contributed by atoms with Crippen molar-refractivity contribution in [1.82, 2.24) is 20.3 Å². The Labute approximate surface area is 145 Å². The molecular weight excluding hydrogens is 353 g/mol. The number of aromatic nitrogens is 3. The number of benzene rings is 1. The third kappa shape index (κ3) is 3.53. The standard InChI is InChI=1S/C16H15F3N4O3/c17-16(18,19)10-4-1-2-5-12(10)23-9-11(21-22-23)14(26)20-15(6-3-7-15)8-13(24)25/h1-2,4-5,9H,3,6-8H2,(H,20,26)(H,24,25). The molecule has 0 saturated heterocycles. The average molecular weight is 368 g/mol. The van der Waals surface area contributed by atoms with Crippen LogP contribution in [0.25, 0.3) is 5.69 Å². The molecule has 0 unspecified atom stereocenters. The van der Waals surface area contributed by atoms with E-state index in [0.29, 0.717) is 12.8 Å². The summed E-state index contributed by atoms with van der Waals surface area (Å²) in [5.41, 5.74) is -2.18. The molecule has 2 N–H and O–H groups in total. The van der Waals surface area contributed by atoms with Crippen LogP contribution in [-0.4, -0.2) is 37.5 Å². The summed E-state index contributed by atoms with van der Waals surface area (Å²) in [4.78, 5) is 23.3. The van der Waals surface area contributed by atoms with E-state index in [-0.39, 0.29) is 17.8 Å². The van der Waals surface area contributed by atoms with Gasteiger partial charge in [-0.25, -0.2) is 4.68 Å². The van der Waals surface area contributed by atoms with E-state index >= 15 is 0 Å². The van der Waals surface area contributed by atoms with Gasteiger partial charge in [-0.05, 0) is 31.4 Å². The van der Waals surface area contributed by atoms with Gasteiger partial charge in [0.2, 0.25) is 0 Å². The van der Waals surface area contributed by atoms with Crippen molar-refractivity contribution in [2.45, 2.75) is 37.4 Å². The lowest BCUT2D eigenvalue weighted by atomic mass is 9.74. The molecule has 26 heavy (non-hydrogen) atoms. The Morgan fingerprint density at radius 1 is 1.27 bits per heavy atom. The first-order valence-corrected chi connectivity index (χ1v) is 7.83. The smallest absolute Gasteiger partial charge is 0.418 e. The minimum atomic E-state index is -4.58. The van der Waals surface area contributed by atoms with Gasteiger partial charge in [0, 0.05) is 0 Å². The summed E-state index contributed by atoms with van der Waals surface area (Å²) in [6.45, 7) is 0. The first-order chi connectivity index (χ1) is 12.2. The Balaban J connectivity index is 1.83. The number of carbonyl (C=O) groups excluding carboxylic acids is 1. The molecular formula is C16H15F3N4O3. The summed E-state index contributed by atoms with van der Waals surface area (Å²) < 4.78 is 40.2. The fourth-order valence-corrected chi connectivity index (χ4v) is 2.94. The van der Waals surface area contributed by atoms with Gasteiger partial charge in [0.15, 0.2) is 5.69 Å². The summed E-state index contributed by atoms with van der Waals surface area (Å²) in [6.07, 6.45) is -1.87. The summed E-state index contributed by atoms with van der Waals surface area (Å²) >= 11 is 0. The molecule has 1 fully saturated rings. The minimum Gasteiger partial charge on any atom is -0.481 e. The second-order valence-corrected chi connectivity index (χ2v) is 6.22. The van der Waals surface area contributed by atoms with Crippen LogP contribution in [0.3, 0.4) is 0 Å². The molecule has 0 aliphatic heterocycles. The summed E-state index contributed by atoms with van der Waals surface area (Å²) in [5.74, 6) is -1.70. The molecule has 1 aromatic heterocycles. The van der Waals surface area contributed by atoms with Gasteiger partial charge in [-0.2, -0.15) is 13.2 Å². The van der Waals surface area contributed by atoms with Gasteiger partial charge < -0.3 is 10.4 Å². The fraction of sp³-hybridized carbons (Fsp3) is 0.375. The fourth-order valence-electron chi connectivity index (χ4n) is 2.94. The Kier molecular flexibility index (Phi) is 4.43. The van der Waals surface area contributed by atoms with Crippen LogP contribution in [0.15, 0.2) is 30.5 Å². The molecule has 1 saturated carbocycles. The predicted molar refractivity (Wildman–Crippen MR) is 82.7 cm³/mol. The average Bonchev–Trinajstić information content (AvgIpc) is 3.01. The molecule has 0 spiro atoms. The first-order valence-electron chi connectivity index (χ1n) is 7.83. The van der Waals surface area contributed by atoms with Gasteiger partial charge >= 0.3 is 12.1 Å². The number of aliphatic carboxylic acids is 1. The van der Waals surface area contributed by atoms with E-state index in [0.717, 1.165) is 23.4 Å². The molecule has 0 atom stereocenters. The highest BCUT2D eigenvalue weighted by molar-refractivity contribution is 5.93. The van der Waals surface area contributed by atoms with Crippen molar-refractivity contribution >= 4 is 11.9 Å². The second kappa shape index (κ2) is 6.43. The van der Waals surface area contributed by atoms with Crippen LogP contribution < -0.4 is 5.32 Å². The van der Waals surface area contributed by atoms with Crippen molar-refractivity contribution in [3.05, 3.63) is 41.7 Å². The lowest BCUT2D eigenvalue weighted by Gasteiger charge is -2.41. The molecule has 3 rings (SSSR count). The Morgan fingerprint density at radius 2 is 1.96 bits per heavy atom. The Bertz CT molecular complexity index is 843. The molecule has 0 radical (unpaired) electrons. The maximum atomic E-state index is 13.1. The van der Waals surface area contributed by atoms with Gasteiger partial charge in [0.25, 0.3) is 5.91 Å². The van der Waals surface area contributed by atoms with Crippen LogP contribution in [0.4, 0.5) is 13.2 Å². The largest absolute Gasteiger partial charge is 0.481 e. The van der Waals surface area contributed by atoms with Gasteiger partial charge in [0.05, 0.1) is 29.4 Å². The zero-order chi connectivity index (χ0) is 18.9. The van der Waals surface area contributed by atoms with Crippen LogP contribution in [0.5, 0.6) is 0 Å². The second-order valence-electron chi connectivity index (χ2n) is 6.22. The highest BCUT2D eigenvalue weighted by Gasteiger charge is 2.41. The molecule has 1 aliphatic carbocycles. The lowest BCUT2D eigenvalue weighted by molar-refractivity contribution is -0.139. The third-order valence-corrected chi connectivity index (χ3v) is 4.36. The SMILES string of the molecule is O=C(O)CC1(NC(=O)c2cn(-c3ccccc3C(F)(F)F)nn2)CCC1. The van der Waals surface area contributed by atoms with Gasteiger partial charge in [-0.3, -0.25) is 9.59 Å². The number of hydrogen-bond donors (Lipinski definition) is 2. The summed E-state index contributed by atoms with van der Waals surface area (Å²) in [5, 5.41) is 18.8. The van der Waals surface area contributed by atoms with E-state index in [4.69, 9.17) is 5.11 Å². The molecule has 1 heterocycles. The van der Waals surface area contributed by atoms with E-state index in [2.05, 4.69) is 15.6 Å². The maximum Gasteiger partial charge on any atom is 0.418 e. The van der Waals surface area contributed by atoms with E-state index in [1.54, 1.807) is 0 Å². The normalized spacial score (nSPS) is 16.0. The zero-order valence-corrected chi connectivity index (χ0v) is 13.5. The van der Waals surface area contributed by atoms with Crippen LogP contribution in [0, 0.1) is 0 Å². The van der Waals surface area contributed by atoms with E-state index in [1.807, 2.05) is 0 Å². The van der Waals surface area contributed by atoms with Crippen molar-refractivity contribution in [3.8, 4) is 5.69 Å². The zero-order valence-electron chi connectivity index (χ0n) is 13.5. The molecule has 7 nitrogen and oxygen atoms in total. The predicted octanol–water partition coefficient (Wildman–Crippen LogP) is 2.41. The van der Waals surface area contributed by atoms with Crippen molar-refractivity contribution in [3.63, 3.8) is 0 Å². The van der Waals surface area contributed by atoms with Gasteiger partial charge in [-0.15, -0.1) is 5.10 Å². The molecule has 1 aliphatic rings. The number of carboxylic acid groups (broad SMARTS) is 1. The monoisotopic (exact) mass is 368 g/mol. The molecule has 1 amide bonds. The summed E-state index contributed by atoms with van der Waals surface area (Å²) in [6, 6.07) is 4.80. The highest BCUT2D eigenvalue weighted by atomic mass is 19.4. The third-order valence-electron chi connectivity index (χ3n) is 4.36. The number of nitrogens with one attached hydrogen (secondary N) is 1. The first kappa shape index (κ1) is 17.9. The van der Waals surface area contributed by atoms with Crippen LogP contribution in [0.1, 0.15) is 41.7 Å².